The summed E-state index contributed by atoms with van der Waals surface area (Å²) in [4.78, 5) is 12.4. The molecule has 21 heavy (non-hydrogen) atoms. The van der Waals surface area contributed by atoms with Gasteiger partial charge in [0.15, 0.2) is 5.76 Å². The molecule has 0 unspecified atom stereocenters. The highest BCUT2D eigenvalue weighted by Gasteiger charge is 2.18. The van der Waals surface area contributed by atoms with Crippen LogP contribution in [0.5, 0.6) is 0 Å². The van der Waals surface area contributed by atoms with Crippen LogP contribution in [-0.4, -0.2) is 5.91 Å². The van der Waals surface area contributed by atoms with Crippen LogP contribution in [0.15, 0.2) is 55.8 Å². The molecule has 0 saturated carbocycles. The fraction of sp³-hybridized carbons (Fsp3) is 0.0625. The van der Waals surface area contributed by atoms with Gasteiger partial charge in [-0.25, -0.2) is 0 Å². The van der Waals surface area contributed by atoms with Crippen molar-refractivity contribution in [2.75, 3.05) is 5.32 Å². The highest BCUT2D eigenvalue weighted by atomic mass is 79.9. The second-order valence-electron chi connectivity index (χ2n) is 4.63. The molecule has 0 radical (unpaired) electrons. The molecular formula is C16H11Br2NO2. The fourth-order valence-corrected chi connectivity index (χ4v) is 2.90. The van der Waals surface area contributed by atoms with Gasteiger partial charge in [-0.15, -0.1) is 0 Å². The molecule has 5 heteroatoms. The highest BCUT2D eigenvalue weighted by Crippen LogP contribution is 2.29. The predicted molar refractivity (Wildman–Crippen MR) is 90.7 cm³/mol. The number of para-hydroxylation sites is 1. The van der Waals surface area contributed by atoms with Gasteiger partial charge in [0.2, 0.25) is 0 Å². The lowest BCUT2D eigenvalue weighted by molar-refractivity contribution is 0.0998. The molecule has 1 N–H and O–H groups in total. The number of rotatable bonds is 2. The zero-order chi connectivity index (χ0) is 15.0. The van der Waals surface area contributed by atoms with Crippen LogP contribution in [0.3, 0.4) is 0 Å². The van der Waals surface area contributed by atoms with Gasteiger partial charge in [-0.1, -0.05) is 28.1 Å². The first kappa shape index (κ1) is 14.4. The molecule has 3 aromatic rings. The van der Waals surface area contributed by atoms with Gasteiger partial charge in [0.05, 0.1) is 5.69 Å². The van der Waals surface area contributed by atoms with Crippen LogP contribution in [0.4, 0.5) is 5.69 Å². The Bertz CT molecular complexity index is 839. The summed E-state index contributed by atoms with van der Waals surface area (Å²) in [6.07, 6.45) is 0. The number of fused-ring (bicyclic) bond motifs is 1. The lowest BCUT2D eigenvalue weighted by atomic mass is 10.1. The average Bonchev–Trinajstić information content (AvgIpc) is 2.79. The molecule has 0 atom stereocenters. The Morgan fingerprint density at radius 2 is 1.90 bits per heavy atom. The number of hydrogen-bond acceptors (Lipinski definition) is 2. The van der Waals surface area contributed by atoms with Gasteiger partial charge in [-0.05, 0) is 53.2 Å². The number of anilines is 1. The van der Waals surface area contributed by atoms with E-state index in [2.05, 4.69) is 37.2 Å². The lowest BCUT2D eigenvalue weighted by Gasteiger charge is -2.05. The van der Waals surface area contributed by atoms with E-state index in [0.29, 0.717) is 17.0 Å². The predicted octanol–water partition coefficient (Wildman–Crippen LogP) is 5.52. The highest BCUT2D eigenvalue weighted by molar-refractivity contribution is 9.10. The van der Waals surface area contributed by atoms with E-state index in [1.165, 1.54) is 0 Å². The number of benzene rings is 2. The Kier molecular flexibility index (Phi) is 3.87. The van der Waals surface area contributed by atoms with E-state index in [4.69, 9.17) is 4.42 Å². The minimum Gasteiger partial charge on any atom is -0.451 e. The topological polar surface area (TPSA) is 42.2 Å². The van der Waals surface area contributed by atoms with Crippen molar-refractivity contribution < 1.29 is 9.21 Å². The Hall–Kier alpha value is -1.59. The monoisotopic (exact) mass is 407 g/mol. The molecule has 2 aromatic carbocycles. The summed E-state index contributed by atoms with van der Waals surface area (Å²) in [5, 5.41) is 3.78. The van der Waals surface area contributed by atoms with E-state index < -0.39 is 0 Å². The standard InChI is InChI=1S/C16H11Br2NO2/c1-9-11-8-10(17)6-7-14(11)21-15(9)16(20)19-13-5-3-2-4-12(13)18/h2-8H,1H3,(H,19,20). The first-order valence-corrected chi connectivity index (χ1v) is 7.89. The van der Waals surface area contributed by atoms with Gasteiger partial charge in [0.1, 0.15) is 5.58 Å². The normalized spacial score (nSPS) is 10.8. The number of furan rings is 1. The Morgan fingerprint density at radius 3 is 2.67 bits per heavy atom. The number of amides is 1. The van der Waals surface area contributed by atoms with Crippen molar-refractivity contribution in [3.8, 4) is 0 Å². The average molecular weight is 409 g/mol. The first-order valence-electron chi connectivity index (χ1n) is 6.31. The van der Waals surface area contributed by atoms with E-state index in [1.54, 1.807) is 0 Å². The smallest absolute Gasteiger partial charge is 0.291 e. The number of aryl methyl sites for hydroxylation is 1. The van der Waals surface area contributed by atoms with Crippen LogP contribution in [0.1, 0.15) is 16.1 Å². The number of carbonyl (C=O) groups excluding carboxylic acids is 1. The van der Waals surface area contributed by atoms with Crippen molar-refractivity contribution in [3.05, 3.63) is 62.7 Å². The van der Waals surface area contributed by atoms with Crippen LogP contribution in [0.25, 0.3) is 11.0 Å². The van der Waals surface area contributed by atoms with Crippen molar-refractivity contribution >= 4 is 54.4 Å². The van der Waals surface area contributed by atoms with Gasteiger partial charge in [0.25, 0.3) is 5.91 Å². The van der Waals surface area contributed by atoms with Gasteiger partial charge >= 0.3 is 0 Å². The van der Waals surface area contributed by atoms with Crippen LogP contribution < -0.4 is 5.32 Å². The number of carbonyl (C=O) groups is 1. The minimum atomic E-state index is -0.258. The molecule has 0 bridgehead atoms. The molecule has 0 aliphatic heterocycles. The van der Waals surface area contributed by atoms with Gasteiger partial charge in [-0.2, -0.15) is 0 Å². The maximum atomic E-state index is 12.4. The van der Waals surface area contributed by atoms with E-state index in [1.807, 2.05) is 49.4 Å². The third-order valence-corrected chi connectivity index (χ3v) is 4.41. The molecule has 106 valence electrons. The second-order valence-corrected chi connectivity index (χ2v) is 6.40. The summed E-state index contributed by atoms with van der Waals surface area (Å²) < 4.78 is 7.46. The van der Waals surface area contributed by atoms with Crippen molar-refractivity contribution in [2.24, 2.45) is 0 Å². The van der Waals surface area contributed by atoms with E-state index in [-0.39, 0.29) is 5.91 Å². The summed E-state index contributed by atoms with van der Waals surface area (Å²) in [6, 6.07) is 13.1. The molecule has 1 aromatic heterocycles. The summed E-state index contributed by atoms with van der Waals surface area (Å²) in [6.45, 7) is 1.88. The third kappa shape index (κ3) is 2.76. The van der Waals surface area contributed by atoms with Crippen molar-refractivity contribution in [1.29, 1.82) is 0 Å². The molecule has 3 nitrogen and oxygen atoms in total. The Labute approximate surface area is 138 Å². The van der Waals surface area contributed by atoms with Gasteiger partial charge in [-0.3, -0.25) is 4.79 Å². The maximum Gasteiger partial charge on any atom is 0.291 e. The molecule has 0 aliphatic rings. The number of halogens is 2. The molecule has 0 fully saturated rings. The molecule has 0 aliphatic carbocycles. The van der Waals surface area contributed by atoms with E-state index >= 15 is 0 Å². The van der Waals surface area contributed by atoms with Gasteiger partial charge in [0, 0.05) is 19.9 Å². The summed E-state index contributed by atoms with van der Waals surface area (Å²) >= 11 is 6.84. The quantitative estimate of drug-likeness (QED) is 0.606. The van der Waals surface area contributed by atoms with Gasteiger partial charge < -0.3 is 9.73 Å². The second kappa shape index (κ2) is 5.66. The Balaban J connectivity index is 1.99. The minimum absolute atomic E-state index is 0.258. The van der Waals surface area contributed by atoms with Crippen LogP contribution in [0, 0.1) is 6.92 Å². The van der Waals surface area contributed by atoms with Crippen molar-refractivity contribution in [3.63, 3.8) is 0 Å². The van der Waals surface area contributed by atoms with Crippen LogP contribution in [-0.2, 0) is 0 Å². The fourth-order valence-electron chi connectivity index (χ4n) is 2.15. The molecule has 1 heterocycles. The third-order valence-electron chi connectivity index (χ3n) is 3.23. The van der Waals surface area contributed by atoms with Crippen LogP contribution >= 0.6 is 31.9 Å². The van der Waals surface area contributed by atoms with Crippen molar-refractivity contribution in [1.82, 2.24) is 0 Å². The van der Waals surface area contributed by atoms with E-state index in [0.717, 1.165) is 19.9 Å². The van der Waals surface area contributed by atoms with E-state index in [9.17, 15) is 4.79 Å². The molecule has 1 amide bonds. The summed E-state index contributed by atoms with van der Waals surface area (Å²) in [7, 11) is 0. The molecule has 0 saturated heterocycles. The zero-order valence-corrected chi connectivity index (χ0v) is 14.3. The zero-order valence-electron chi connectivity index (χ0n) is 11.1. The molecular weight excluding hydrogens is 398 g/mol. The Morgan fingerprint density at radius 1 is 1.14 bits per heavy atom. The molecule has 0 spiro atoms. The summed E-state index contributed by atoms with van der Waals surface area (Å²) in [5.41, 5.74) is 2.24. The maximum absolute atomic E-state index is 12.4. The SMILES string of the molecule is Cc1c(C(=O)Nc2ccccc2Br)oc2ccc(Br)cc12. The first-order chi connectivity index (χ1) is 10.1. The largest absolute Gasteiger partial charge is 0.451 e. The summed E-state index contributed by atoms with van der Waals surface area (Å²) in [5.74, 6) is 0.0746. The van der Waals surface area contributed by atoms with Crippen molar-refractivity contribution in [2.45, 2.75) is 6.92 Å². The van der Waals surface area contributed by atoms with Crippen LogP contribution in [0.2, 0.25) is 0 Å². The lowest BCUT2D eigenvalue weighted by Crippen LogP contribution is -2.12. The molecule has 3 rings (SSSR count). The number of hydrogen-bond donors (Lipinski definition) is 1. The number of nitrogens with one attached hydrogen (secondary N) is 1.